The van der Waals surface area contributed by atoms with Gasteiger partial charge in [0.2, 0.25) is 5.91 Å². The lowest BCUT2D eigenvalue weighted by molar-refractivity contribution is -0.143. The van der Waals surface area contributed by atoms with Gasteiger partial charge in [0, 0.05) is 25.6 Å². The van der Waals surface area contributed by atoms with Gasteiger partial charge in [-0.2, -0.15) is 26.3 Å². The average Bonchev–Trinajstić information content (AvgIpc) is 3.59. The van der Waals surface area contributed by atoms with E-state index in [0.29, 0.717) is 57.8 Å². The van der Waals surface area contributed by atoms with Crippen LogP contribution >= 0.6 is 0 Å². The summed E-state index contributed by atoms with van der Waals surface area (Å²) in [4.78, 5) is 17.3. The Balaban J connectivity index is 1.37. The van der Waals surface area contributed by atoms with Gasteiger partial charge < -0.3 is 14.4 Å². The Bertz CT molecular complexity index is 1230. The Labute approximate surface area is 245 Å². The number of benzene rings is 2. The summed E-state index contributed by atoms with van der Waals surface area (Å²) in [6.45, 7) is 4.84. The summed E-state index contributed by atoms with van der Waals surface area (Å²) in [6, 6.07) is 7.18. The van der Waals surface area contributed by atoms with Crippen LogP contribution < -0.4 is 0 Å². The van der Waals surface area contributed by atoms with Gasteiger partial charge >= 0.3 is 12.4 Å². The van der Waals surface area contributed by atoms with Crippen molar-refractivity contribution in [3.05, 3.63) is 70.5 Å². The summed E-state index contributed by atoms with van der Waals surface area (Å²) >= 11 is 0. The highest BCUT2D eigenvalue weighted by atomic mass is 19.4. The first-order valence-corrected chi connectivity index (χ1v) is 14.6. The zero-order valence-corrected chi connectivity index (χ0v) is 23.8. The van der Waals surface area contributed by atoms with E-state index in [9.17, 15) is 35.5 Å². The number of carbonyl (C=O) groups is 1. The largest absolute Gasteiger partial charge is 0.416 e. The Hall–Kier alpha value is -2.70. The number of morpholine rings is 1. The molecule has 1 aliphatic carbocycles. The smallest absolute Gasteiger partial charge is 0.378 e. The molecule has 1 saturated carbocycles. The molecule has 0 bridgehead atoms. The lowest BCUT2D eigenvalue weighted by Crippen LogP contribution is -2.50. The Morgan fingerprint density at radius 1 is 0.930 bits per heavy atom. The number of alkyl halides is 6. The highest BCUT2D eigenvalue weighted by Crippen LogP contribution is 2.45. The Morgan fingerprint density at radius 2 is 1.56 bits per heavy atom. The monoisotopic (exact) mass is 616 g/mol. The number of halogens is 7. The van der Waals surface area contributed by atoms with E-state index in [0.717, 1.165) is 24.9 Å². The van der Waals surface area contributed by atoms with Crippen LogP contribution in [0.1, 0.15) is 66.9 Å². The molecule has 2 aromatic rings. The average molecular weight is 617 g/mol. The standard InChI is InChI=1S/C31H35F7N2O3/c1-19(22-15-23(30(33,34)35)17-24(16-22)31(36,37)38)43-27-9-6-21(28(27)20-4-7-25(32)8-5-20)18-40-10-2-3-26(40)29(41)39-11-13-42-14-12-39/h4-5,7-8,15-17,19,21,26-28H,2-3,6,9-14,18H2,1H3. The van der Waals surface area contributed by atoms with E-state index in [1.165, 1.54) is 19.1 Å². The van der Waals surface area contributed by atoms with Gasteiger partial charge in [0.25, 0.3) is 0 Å². The zero-order chi connectivity index (χ0) is 30.9. The van der Waals surface area contributed by atoms with E-state index in [2.05, 4.69) is 4.90 Å². The maximum absolute atomic E-state index is 13.8. The number of carbonyl (C=O) groups excluding carboxylic acids is 1. The zero-order valence-electron chi connectivity index (χ0n) is 23.8. The predicted molar refractivity (Wildman–Crippen MR) is 144 cm³/mol. The fourth-order valence-electron chi connectivity index (χ4n) is 6.74. The Morgan fingerprint density at radius 3 is 2.16 bits per heavy atom. The van der Waals surface area contributed by atoms with Gasteiger partial charge in [-0.25, -0.2) is 4.39 Å². The molecule has 5 unspecified atom stereocenters. The van der Waals surface area contributed by atoms with Crippen LogP contribution in [-0.4, -0.2) is 67.2 Å². The third-order valence-corrected chi connectivity index (χ3v) is 8.88. The molecule has 3 aliphatic rings. The highest BCUT2D eigenvalue weighted by molar-refractivity contribution is 5.82. The highest BCUT2D eigenvalue weighted by Gasteiger charge is 2.43. The summed E-state index contributed by atoms with van der Waals surface area (Å²) in [5.74, 6) is -0.671. The number of amides is 1. The van der Waals surface area contributed by atoms with Gasteiger partial charge in [0.1, 0.15) is 5.82 Å². The van der Waals surface area contributed by atoms with Gasteiger partial charge in [-0.15, -0.1) is 0 Å². The van der Waals surface area contributed by atoms with E-state index < -0.39 is 41.5 Å². The van der Waals surface area contributed by atoms with Crippen molar-refractivity contribution < 1.29 is 45.0 Å². The van der Waals surface area contributed by atoms with Crippen LogP contribution in [0, 0.1) is 11.7 Å². The Kier molecular flexibility index (Phi) is 9.39. The van der Waals surface area contributed by atoms with Crippen molar-refractivity contribution in [2.45, 2.75) is 69.1 Å². The van der Waals surface area contributed by atoms with Crippen LogP contribution in [0.25, 0.3) is 0 Å². The van der Waals surface area contributed by atoms with Gasteiger partial charge in [0.05, 0.1) is 42.6 Å². The van der Waals surface area contributed by atoms with Crippen molar-refractivity contribution in [1.82, 2.24) is 9.80 Å². The van der Waals surface area contributed by atoms with Crippen molar-refractivity contribution in [3.63, 3.8) is 0 Å². The molecule has 0 radical (unpaired) electrons. The number of hydrogen-bond acceptors (Lipinski definition) is 4. The molecule has 2 aromatic carbocycles. The van der Waals surface area contributed by atoms with E-state index in [4.69, 9.17) is 9.47 Å². The topological polar surface area (TPSA) is 42.0 Å². The first kappa shape index (κ1) is 31.7. The van der Waals surface area contributed by atoms with Crippen LogP contribution in [0.5, 0.6) is 0 Å². The van der Waals surface area contributed by atoms with Crippen LogP contribution in [0.4, 0.5) is 30.7 Å². The molecule has 0 aromatic heterocycles. The van der Waals surface area contributed by atoms with E-state index in [1.807, 2.05) is 4.90 Å². The number of hydrogen-bond donors (Lipinski definition) is 0. The lowest BCUT2D eigenvalue weighted by Gasteiger charge is -2.35. The van der Waals surface area contributed by atoms with E-state index in [-0.39, 0.29) is 35.4 Å². The molecule has 0 spiro atoms. The van der Waals surface area contributed by atoms with Crippen molar-refractivity contribution in [2.24, 2.45) is 5.92 Å². The molecule has 5 rings (SSSR count). The number of ether oxygens (including phenoxy) is 2. The van der Waals surface area contributed by atoms with E-state index in [1.54, 1.807) is 12.1 Å². The summed E-state index contributed by atoms with van der Waals surface area (Å²) in [5.41, 5.74) is -2.23. The quantitative estimate of drug-likeness (QED) is 0.320. The number of likely N-dealkylation sites (tertiary alicyclic amines) is 1. The number of rotatable bonds is 7. The first-order chi connectivity index (χ1) is 20.3. The van der Waals surface area contributed by atoms with E-state index >= 15 is 0 Å². The molecule has 2 heterocycles. The molecule has 236 valence electrons. The minimum atomic E-state index is -4.96. The van der Waals surface area contributed by atoms with Crippen molar-refractivity contribution in [1.29, 1.82) is 0 Å². The second-order valence-corrected chi connectivity index (χ2v) is 11.7. The third-order valence-electron chi connectivity index (χ3n) is 8.88. The van der Waals surface area contributed by atoms with Crippen molar-refractivity contribution in [3.8, 4) is 0 Å². The molecule has 2 saturated heterocycles. The van der Waals surface area contributed by atoms with Crippen molar-refractivity contribution in [2.75, 3.05) is 39.4 Å². The van der Waals surface area contributed by atoms with Crippen molar-refractivity contribution >= 4 is 5.91 Å². The molecule has 1 amide bonds. The summed E-state index contributed by atoms with van der Waals surface area (Å²) in [6.07, 6.45) is -8.75. The molecular formula is C31H35F7N2O3. The van der Waals surface area contributed by atoms with Gasteiger partial charge in [-0.05, 0) is 86.5 Å². The molecule has 3 fully saturated rings. The third kappa shape index (κ3) is 7.34. The predicted octanol–water partition coefficient (Wildman–Crippen LogP) is 6.83. The van der Waals surface area contributed by atoms with Crippen LogP contribution in [0.3, 0.4) is 0 Å². The second-order valence-electron chi connectivity index (χ2n) is 11.7. The van der Waals surface area contributed by atoms with Crippen LogP contribution in [0.2, 0.25) is 0 Å². The number of nitrogens with zero attached hydrogens (tertiary/aromatic N) is 2. The molecule has 12 heteroatoms. The van der Waals surface area contributed by atoms with Gasteiger partial charge in [0.15, 0.2) is 0 Å². The first-order valence-electron chi connectivity index (χ1n) is 14.6. The maximum atomic E-state index is 13.8. The second kappa shape index (κ2) is 12.7. The van der Waals surface area contributed by atoms with Gasteiger partial charge in [-0.1, -0.05) is 12.1 Å². The minimum Gasteiger partial charge on any atom is -0.378 e. The maximum Gasteiger partial charge on any atom is 0.416 e. The molecule has 2 aliphatic heterocycles. The molecular weight excluding hydrogens is 581 g/mol. The molecule has 0 N–H and O–H groups in total. The summed E-state index contributed by atoms with van der Waals surface area (Å²) in [7, 11) is 0. The van der Waals surface area contributed by atoms with Crippen LogP contribution in [0.15, 0.2) is 42.5 Å². The molecule has 5 atom stereocenters. The fourth-order valence-corrected chi connectivity index (χ4v) is 6.74. The summed E-state index contributed by atoms with van der Waals surface area (Å²) in [5, 5.41) is 0. The SMILES string of the molecule is CC(OC1CCC(CN2CCCC2C(=O)N2CCOCC2)C1c1ccc(F)cc1)c1cc(C(F)(F)F)cc(C(F)(F)F)c1. The van der Waals surface area contributed by atoms with Crippen LogP contribution in [-0.2, 0) is 26.6 Å². The minimum absolute atomic E-state index is 0.0204. The molecule has 5 nitrogen and oxygen atoms in total. The molecule has 43 heavy (non-hydrogen) atoms. The van der Waals surface area contributed by atoms with Gasteiger partial charge in [-0.3, -0.25) is 9.69 Å². The fraction of sp³-hybridized carbons (Fsp3) is 0.581. The normalized spacial score (nSPS) is 26.2. The summed E-state index contributed by atoms with van der Waals surface area (Å²) < 4.78 is 106. The lowest BCUT2D eigenvalue weighted by atomic mass is 9.86.